The molecule has 8 heteroatoms. The molecule has 1 aromatic rings. The van der Waals surface area contributed by atoms with Gasteiger partial charge >= 0.3 is 5.97 Å². The molecule has 1 fully saturated rings. The molecule has 0 spiro atoms. The monoisotopic (exact) mass is 354 g/mol. The van der Waals surface area contributed by atoms with E-state index in [9.17, 15) is 23.1 Å². The number of hydrogen-bond acceptors (Lipinski definition) is 4. The van der Waals surface area contributed by atoms with Crippen LogP contribution in [0.2, 0.25) is 0 Å². The molecule has 132 valence electrons. The molecule has 2 rings (SSSR count). The second kappa shape index (κ2) is 6.52. The molecule has 1 aliphatic heterocycles. The van der Waals surface area contributed by atoms with Crippen LogP contribution in [-0.2, 0) is 14.8 Å². The third kappa shape index (κ3) is 3.44. The number of sulfonamides is 1. The van der Waals surface area contributed by atoms with Gasteiger partial charge in [0.1, 0.15) is 0 Å². The maximum atomic E-state index is 12.8. The number of benzene rings is 1. The van der Waals surface area contributed by atoms with Crippen LogP contribution >= 0.6 is 0 Å². The average Bonchev–Trinajstić information content (AvgIpc) is 2.47. The van der Waals surface area contributed by atoms with E-state index in [4.69, 9.17) is 5.14 Å². The number of hydrogen-bond donors (Lipinski definition) is 2. The summed E-state index contributed by atoms with van der Waals surface area (Å²) >= 11 is 0. The van der Waals surface area contributed by atoms with Crippen LogP contribution in [0.5, 0.6) is 0 Å². The topological polar surface area (TPSA) is 118 Å². The summed E-state index contributed by atoms with van der Waals surface area (Å²) in [7, 11) is -3.95. The van der Waals surface area contributed by atoms with Crippen molar-refractivity contribution in [2.24, 2.45) is 11.1 Å². The number of likely N-dealkylation sites (tertiary alicyclic amines) is 1. The number of carbonyl (C=O) groups excluding carboxylic acids is 1. The Hall–Kier alpha value is -1.93. The number of carbonyl (C=O) groups is 2. The molecular formula is C16H22N2O5S. The normalized spacial score (nSPS) is 21.6. The summed E-state index contributed by atoms with van der Waals surface area (Å²) in [5, 5.41) is 14.5. The molecular weight excluding hydrogens is 332 g/mol. The smallest absolute Gasteiger partial charge is 0.308 e. The molecule has 3 N–H and O–H groups in total. The van der Waals surface area contributed by atoms with E-state index in [0.717, 1.165) is 0 Å². The molecule has 1 aromatic carbocycles. The van der Waals surface area contributed by atoms with Crippen LogP contribution in [0.25, 0.3) is 0 Å². The Morgan fingerprint density at radius 1 is 1.29 bits per heavy atom. The van der Waals surface area contributed by atoms with Gasteiger partial charge in [0.15, 0.2) is 0 Å². The van der Waals surface area contributed by atoms with E-state index in [2.05, 4.69) is 0 Å². The van der Waals surface area contributed by atoms with Crippen molar-refractivity contribution in [1.29, 1.82) is 0 Å². The lowest BCUT2D eigenvalue weighted by molar-refractivity contribution is -0.144. The van der Waals surface area contributed by atoms with Crippen molar-refractivity contribution in [2.45, 2.75) is 44.6 Å². The van der Waals surface area contributed by atoms with Gasteiger partial charge in [-0.05, 0) is 56.9 Å². The largest absolute Gasteiger partial charge is 0.481 e. The third-order valence-corrected chi connectivity index (χ3v) is 5.78. The lowest BCUT2D eigenvalue weighted by Crippen LogP contribution is -2.49. The lowest BCUT2D eigenvalue weighted by Gasteiger charge is -2.37. The van der Waals surface area contributed by atoms with Gasteiger partial charge in [-0.1, -0.05) is 0 Å². The summed E-state index contributed by atoms with van der Waals surface area (Å²) in [6, 6.07) is 2.43. The second-order valence-electron chi connectivity index (χ2n) is 6.29. The molecule has 1 amide bonds. The predicted molar refractivity (Wildman–Crippen MR) is 88.1 cm³/mol. The number of carboxylic acids is 1. The highest BCUT2D eigenvalue weighted by Gasteiger charge is 2.36. The molecule has 1 saturated heterocycles. The zero-order valence-electron chi connectivity index (χ0n) is 13.9. The molecule has 7 nitrogen and oxygen atoms in total. The Kier molecular flexibility index (Phi) is 5.00. The van der Waals surface area contributed by atoms with Crippen molar-refractivity contribution >= 4 is 21.9 Å². The average molecular weight is 354 g/mol. The van der Waals surface area contributed by atoms with Gasteiger partial charge in [-0.25, -0.2) is 13.6 Å². The van der Waals surface area contributed by atoms with Gasteiger partial charge in [0.25, 0.3) is 5.91 Å². The van der Waals surface area contributed by atoms with Crippen molar-refractivity contribution in [3.63, 3.8) is 0 Å². The van der Waals surface area contributed by atoms with Crippen LogP contribution in [-0.4, -0.2) is 42.9 Å². The number of carboxylic acid groups (broad SMARTS) is 1. The van der Waals surface area contributed by atoms with Gasteiger partial charge in [0.05, 0.1) is 10.8 Å². The van der Waals surface area contributed by atoms with Crippen molar-refractivity contribution in [2.75, 3.05) is 6.54 Å². The summed E-state index contributed by atoms with van der Waals surface area (Å²) in [6.07, 6.45) is 1.12. The molecule has 24 heavy (non-hydrogen) atoms. The Labute approximate surface area is 141 Å². The fourth-order valence-corrected chi connectivity index (χ4v) is 4.05. The molecule has 0 bridgehead atoms. The second-order valence-corrected chi connectivity index (χ2v) is 7.82. The van der Waals surface area contributed by atoms with E-state index in [1.807, 2.05) is 0 Å². The minimum Gasteiger partial charge on any atom is -0.481 e. The number of nitrogens with zero attached hydrogens (tertiary/aromatic N) is 1. The van der Waals surface area contributed by atoms with Gasteiger partial charge in [0, 0.05) is 18.2 Å². The van der Waals surface area contributed by atoms with E-state index in [1.54, 1.807) is 26.8 Å². The van der Waals surface area contributed by atoms with E-state index in [-0.39, 0.29) is 16.4 Å². The van der Waals surface area contributed by atoms with Crippen molar-refractivity contribution < 1.29 is 23.1 Å². The van der Waals surface area contributed by atoms with Crippen molar-refractivity contribution in [3.8, 4) is 0 Å². The van der Waals surface area contributed by atoms with Gasteiger partial charge < -0.3 is 10.0 Å². The molecule has 0 aromatic heterocycles. The Morgan fingerprint density at radius 2 is 1.92 bits per heavy atom. The zero-order chi connectivity index (χ0) is 18.2. The highest BCUT2D eigenvalue weighted by Crippen LogP contribution is 2.27. The zero-order valence-corrected chi connectivity index (χ0v) is 14.8. The van der Waals surface area contributed by atoms with Gasteiger partial charge in [-0.2, -0.15) is 0 Å². The van der Waals surface area contributed by atoms with Gasteiger partial charge in [-0.15, -0.1) is 0 Å². The first-order valence-corrected chi connectivity index (χ1v) is 9.26. The summed E-state index contributed by atoms with van der Waals surface area (Å²) in [5.74, 6) is -1.92. The highest BCUT2D eigenvalue weighted by atomic mass is 32.2. The maximum Gasteiger partial charge on any atom is 0.308 e. The SMILES string of the molecule is Cc1cc(C(=O)N2CCC[C@@H](C(=O)O)[C@H]2C)cc(S(N)(=O)=O)c1C. The molecule has 0 unspecified atom stereocenters. The molecule has 0 aliphatic carbocycles. The molecule has 2 atom stereocenters. The van der Waals surface area contributed by atoms with Crippen LogP contribution in [0.1, 0.15) is 41.3 Å². The fraction of sp³-hybridized carbons (Fsp3) is 0.500. The van der Waals surface area contributed by atoms with Crippen LogP contribution in [0.4, 0.5) is 0 Å². The minimum atomic E-state index is -3.95. The number of primary sulfonamides is 1. The first-order chi connectivity index (χ1) is 11.0. The maximum absolute atomic E-state index is 12.8. The summed E-state index contributed by atoms with van der Waals surface area (Å²) in [4.78, 5) is 25.6. The van der Waals surface area contributed by atoms with E-state index in [0.29, 0.717) is 30.5 Å². The Bertz CT molecular complexity index is 788. The van der Waals surface area contributed by atoms with Crippen LogP contribution in [0.3, 0.4) is 0 Å². The molecule has 1 aliphatic rings. The van der Waals surface area contributed by atoms with Crippen LogP contribution < -0.4 is 5.14 Å². The minimum absolute atomic E-state index is 0.0784. The van der Waals surface area contributed by atoms with Crippen molar-refractivity contribution in [3.05, 3.63) is 28.8 Å². The predicted octanol–water partition coefficient (Wildman–Crippen LogP) is 1.28. The number of aliphatic carboxylic acids is 1. The fourth-order valence-electron chi connectivity index (χ4n) is 3.17. The quantitative estimate of drug-likeness (QED) is 0.847. The Morgan fingerprint density at radius 3 is 2.46 bits per heavy atom. The number of piperidine rings is 1. The number of aryl methyl sites for hydroxylation is 1. The van der Waals surface area contributed by atoms with E-state index < -0.39 is 28.0 Å². The standard InChI is InChI=1S/C16H22N2O5S/c1-9-7-12(8-14(10(9)2)24(17,22)23)15(19)18-6-4-5-13(11(18)3)16(20)21/h7-8,11,13H,4-6H2,1-3H3,(H,20,21)(H2,17,22,23)/t11-,13-/m1/s1. The first-order valence-electron chi connectivity index (χ1n) is 7.72. The van der Waals surface area contributed by atoms with Crippen LogP contribution in [0.15, 0.2) is 17.0 Å². The van der Waals surface area contributed by atoms with Gasteiger partial charge in [-0.3, -0.25) is 9.59 Å². The lowest BCUT2D eigenvalue weighted by atomic mass is 9.89. The summed E-state index contributed by atoms with van der Waals surface area (Å²) in [6.45, 7) is 5.49. The summed E-state index contributed by atoms with van der Waals surface area (Å²) < 4.78 is 23.5. The molecule has 1 heterocycles. The van der Waals surface area contributed by atoms with Crippen molar-refractivity contribution in [1.82, 2.24) is 4.90 Å². The molecule has 0 radical (unpaired) electrons. The van der Waals surface area contributed by atoms with E-state index >= 15 is 0 Å². The molecule has 0 saturated carbocycles. The first kappa shape index (κ1) is 18.4. The van der Waals surface area contributed by atoms with Gasteiger partial charge in [0.2, 0.25) is 10.0 Å². The van der Waals surface area contributed by atoms with E-state index in [1.165, 1.54) is 11.0 Å². The Balaban J connectivity index is 2.43. The summed E-state index contributed by atoms with van der Waals surface area (Å²) in [5.41, 5.74) is 1.36. The number of amides is 1. The number of nitrogens with two attached hydrogens (primary N) is 1. The van der Waals surface area contributed by atoms with Crippen LogP contribution in [0, 0.1) is 19.8 Å². The number of rotatable bonds is 3. The highest BCUT2D eigenvalue weighted by molar-refractivity contribution is 7.89. The third-order valence-electron chi connectivity index (χ3n) is 4.74.